The maximum Gasteiger partial charge on any atom is 0.341 e. The van der Waals surface area contributed by atoms with Crippen LogP contribution in [0.1, 0.15) is 6.92 Å². The number of nitrogens with two attached hydrogens (primary N) is 1. The molecule has 108 valence electrons. The molecule has 5 N–H and O–H groups in total. The van der Waals surface area contributed by atoms with Crippen LogP contribution >= 0.6 is 0 Å². The normalized spacial score (nSPS) is 11.2. The number of rotatable bonds is 6. The number of benzene rings is 1. The lowest BCUT2D eigenvalue weighted by Gasteiger charge is -2.12. The quantitative estimate of drug-likeness (QED) is 0.589. The van der Waals surface area contributed by atoms with Crippen LogP contribution in [0.3, 0.4) is 0 Å². The van der Waals surface area contributed by atoms with E-state index in [4.69, 9.17) is 15.6 Å². The summed E-state index contributed by atoms with van der Waals surface area (Å²) in [6, 6.07) is 4.77. The van der Waals surface area contributed by atoms with Gasteiger partial charge < -0.3 is 26.2 Å². The maximum absolute atomic E-state index is 11.5. The minimum atomic E-state index is -1.10. The fourth-order valence-electron chi connectivity index (χ4n) is 1.24. The molecule has 0 radical (unpaired) electrons. The molecular weight excluding hydrogens is 266 g/mol. The summed E-state index contributed by atoms with van der Waals surface area (Å²) in [4.78, 5) is 32.7. The summed E-state index contributed by atoms with van der Waals surface area (Å²) in [7, 11) is 0. The molecule has 3 amide bonds. The Morgan fingerprint density at radius 2 is 2.10 bits per heavy atom. The van der Waals surface area contributed by atoms with Crippen LogP contribution in [-0.2, 0) is 9.59 Å². The summed E-state index contributed by atoms with van der Waals surface area (Å²) in [5.74, 6) is -1.46. The second-order valence-corrected chi connectivity index (χ2v) is 3.93. The van der Waals surface area contributed by atoms with E-state index >= 15 is 0 Å². The number of carbonyl (C=O) groups is 3. The minimum Gasteiger partial charge on any atom is -0.482 e. The Bertz CT molecular complexity index is 518. The summed E-state index contributed by atoms with van der Waals surface area (Å²) in [5, 5.41) is 13.3. The number of hydrogen-bond acceptors (Lipinski definition) is 4. The Hall–Kier alpha value is -2.77. The second kappa shape index (κ2) is 6.98. The Kier molecular flexibility index (Phi) is 5.33. The number of primary amides is 1. The van der Waals surface area contributed by atoms with Crippen molar-refractivity contribution in [2.75, 3.05) is 11.9 Å². The van der Waals surface area contributed by atoms with Gasteiger partial charge in [0, 0.05) is 11.8 Å². The molecule has 0 saturated heterocycles. The predicted octanol–water partition coefficient (Wildman–Crippen LogP) is 0.145. The van der Waals surface area contributed by atoms with Gasteiger partial charge in [0.25, 0.3) is 0 Å². The zero-order valence-corrected chi connectivity index (χ0v) is 10.8. The van der Waals surface area contributed by atoms with E-state index in [0.29, 0.717) is 11.4 Å². The molecule has 0 aliphatic carbocycles. The van der Waals surface area contributed by atoms with Crippen molar-refractivity contribution in [1.82, 2.24) is 5.32 Å². The SMILES string of the molecule is CC(NC(=O)Nc1cccc(OCC(=O)O)c1)C(N)=O. The van der Waals surface area contributed by atoms with Crippen molar-refractivity contribution in [3.63, 3.8) is 0 Å². The molecule has 0 bridgehead atoms. The van der Waals surface area contributed by atoms with Crippen LogP contribution in [0.4, 0.5) is 10.5 Å². The van der Waals surface area contributed by atoms with Gasteiger partial charge in [-0.25, -0.2) is 9.59 Å². The molecule has 0 aromatic heterocycles. The molecule has 8 nitrogen and oxygen atoms in total. The van der Waals surface area contributed by atoms with E-state index < -0.39 is 30.6 Å². The highest BCUT2D eigenvalue weighted by Gasteiger charge is 2.12. The van der Waals surface area contributed by atoms with Crippen LogP contribution in [0.15, 0.2) is 24.3 Å². The van der Waals surface area contributed by atoms with E-state index in [1.165, 1.54) is 13.0 Å². The Morgan fingerprint density at radius 1 is 1.40 bits per heavy atom. The van der Waals surface area contributed by atoms with Crippen LogP contribution in [0.5, 0.6) is 5.75 Å². The van der Waals surface area contributed by atoms with Gasteiger partial charge in [0.1, 0.15) is 11.8 Å². The van der Waals surface area contributed by atoms with Gasteiger partial charge >= 0.3 is 12.0 Å². The van der Waals surface area contributed by atoms with E-state index in [9.17, 15) is 14.4 Å². The van der Waals surface area contributed by atoms with E-state index in [1.807, 2.05) is 0 Å². The molecule has 1 aromatic carbocycles. The third-order valence-corrected chi connectivity index (χ3v) is 2.23. The minimum absolute atomic E-state index is 0.299. The first kappa shape index (κ1) is 15.3. The molecule has 0 aliphatic heterocycles. The zero-order chi connectivity index (χ0) is 15.1. The Labute approximate surface area is 114 Å². The smallest absolute Gasteiger partial charge is 0.341 e. The van der Waals surface area contributed by atoms with Crippen LogP contribution in [0, 0.1) is 0 Å². The number of carbonyl (C=O) groups excluding carboxylic acids is 2. The van der Waals surface area contributed by atoms with Gasteiger partial charge in [0.05, 0.1) is 0 Å². The predicted molar refractivity (Wildman–Crippen MR) is 70.4 cm³/mol. The fourth-order valence-corrected chi connectivity index (χ4v) is 1.24. The van der Waals surface area contributed by atoms with Crippen LogP contribution < -0.4 is 21.1 Å². The lowest BCUT2D eigenvalue weighted by atomic mass is 10.3. The molecule has 20 heavy (non-hydrogen) atoms. The average molecular weight is 281 g/mol. The number of amides is 3. The van der Waals surface area contributed by atoms with Crippen LogP contribution in [-0.4, -0.2) is 35.7 Å². The summed E-state index contributed by atoms with van der Waals surface area (Å²) < 4.78 is 4.96. The van der Waals surface area contributed by atoms with E-state index in [-0.39, 0.29) is 0 Å². The highest BCUT2D eigenvalue weighted by Crippen LogP contribution is 2.17. The number of hydrogen-bond donors (Lipinski definition) is 4. The number of nitrogens with one attached hydrogen (secondary N) is 2. The van der Waals surface area contributed by atoms with Crippen LogP contribution in [0.2, 0.25) is 0 Å². The summed E-state index contributed by atoms with van der Waals surface area (Å²) in [6.07, 6.45) is 0. The summed E-state index contributed by atoms with van der Waals surface area (Å²) in [6.45, 7) is 0.975. The molecule has 8 heteroatoms. The molecular formula is C12H15N3O5. The number of aliphatic carboxylic acids is 1. The molecule has 0 aliphatic rings. The third kappa shape index (κ3) is 5.25. The standard InChI is InChI=1S/C12H15N3O5/c1-7(11(13)18)14-12(19)15-8-3-2-4-9(5-8)20-6-10(16)17/h2-5,7H,6H2,1H3,(H2,13,18)(H,16,17)(H2,14,15,19). The molecule has 1 rings (SSSR count). The average Bonchev–Trinajstić information content (AvgIpc) is 2.36. The molecule has 1 atom stereocenters. The monoisotopic (exact) mass is 281 g/mol. The number of carboxylic acids is 1. The number of ether oxygens (including phenoxy) is 1. The van der Waals surface area contributed by atoms with Gasteiger partial charge in [-0.05, 0) is 19.1 Å². The van der Waals surface area contributed by atoms with Gasteiger partial charge in [-0.2, -0.15) is 0 Å². The first-order valence-electron chi connectivity index (χ1n) is 5.70. The first-order chi connectivity index (χ1) is 9.38. The molecule has 1 aromatic rings. The molecule has 1 unspecified atom stereocenters. The fraction of sp³-hybridized carbons (Fsp3) is 0.250. The summed E-state index contributed by atoms with van der Waals surface area (Å²) >= 11 is 0. The van der Waals surface area contributed by atoms with Crippen molar-refractivity contribution in [2.45, 2.75) is 13.0 Å². The second-order valence-electron chi connectivity index (χ2n) is 3.93. The topological polar surface area (TPSA) is 131 Å². The van der Waals surface area contributed by atoms with Gasteiger partial charge in [-0.1, -0.05) is 6.07 Å². The van der Waals surface area contributed by atoms with Gasteiger partial charge in [0.2, 0.25) is 5.91 Å². The molecule has 0 fully saturated rings. The summed E-state index contributed by atoms with van der Waals surface area (Å²) in [5.41, 5.74) is 5.40. The molecule has 0 heterocycles. The number of carboxylic acid groups (broad SMARTS) is 1. The molecule has 0 spiro atoms. The van der Waals surface area contributed by atoms with Crippen LogP contribution in [0.25, 0.3) is 0 Å². The van der Waals surface area contributed by atoms with Crippen molar-refractivity contribution < 1.29 is 24.2 Å². The Balaban J connectivity index is 2.59. The molecule has 0 saturated carbocycles. The van der Waals surface area contributed by atoms with Gasteiger partial charge in [-0.3, -0.25) is 4.79 Å². The van der Waals surface area contributed by atoms with Crippen molar-refractivity contribution >= 4 is 23.6 Å². The number of urea groups is 1. The van der Waals surface area contributed by atoms with Crippen molar-refractivity contribution in [3.8, 4) is 5.75 Å². The highest BCUT2D eigenvalue weighted by molar-refractivity contribution is 5.93. The number of anilines is 1. The van der Waals surface area contributed by atoms with E-state index in [0.717, 1.165) is 0 Å². The third-order valence-electron chi connectivity index (χ3n) is 2.23. The van der Waals surface area contributed by atoms with Gasteiger partial charge in [-0.15, -0.1) is 0 Å². The van der Waals surface area contributed by atoms with E-state index in [1.54, 1.807) is 18.2 Å². The zero-order valence-electron chi connectivity index (χ0n) is 10.8. The van der Waals surface area contributed by atoms with E-state index in [2.05, 4.69) is 10.6 Å². The van der Waals surface area contributed by atoms with Crippen molar-refractivity contribution in [2.24, 2.45) is 5.73 Å². The van der Waals surface area contributed by atoms with Gasteiger partial charge in [0.15, 0.2) is 6.61 Å². The highest BCUT2D eigenvalue weighted by atomic mass is 16.5. The first-order valence-corrected chi connectivity index (χ1v) is 5.70. The van der Waals surface area contributed by atoms with Crippen molar-refractivity contribution in [1.29, 1.82) is 0 Å². The lowest BCUT2D eigenvalue weighted by Crippen LogP contribution is -2.44. The maximum atomic E-state index is 11.5. The largest absolute Gasteiger partial charge is 0.482 e. The lowest BCUT2D eigenvalue weighted by molar-refractivity contribution is -0.139. The van der Waals surface area contributed by atoms with Crippen molar-refractivity contribution in [3.05, 3.63) is 24.3 Å². The Morgan fingerprint density at radius 3 is 2.70 bits per heavy atom.